The summed E-state index contributed by atoms with van der Waals surface area (Å²) in [7, 11) is 4.24. The lowest BCUT2D eigenvalue weighted by molar-refractivity contribution is -0.132. The zero-order valence-electron chi connectivity index (χ0n) is 21.6. The molecule has 2 saturated heterocycles. The number of hydrogen-bond acceptors (Lipinski definition) is 8. The molecule has 1 aromatic rings. The predicted octanol–water partition coefficient (Wildman–Crippen LogP) is 3.17. The summed E-state index contributed by atoms with van der Waals surface area (Å²) in [5, 5.41) is 0. The predicted molar refractivity (Wildman–Crippen MR) is 136 cm³/mol. The van der Waals surface area contributed by atoms with Gasteiger partial charge in [0.15, 0.2) is 11.6 Å². The molecule has 2 N–H and O–H groups in total. The molecular formula is C27H41N5O3. The lowest BCUT2D eigenvalue weighted by Crippen LogP contribution is -2.31. The Morgan fingerprint density at radius 2 is 1.97 bits per heavy atom. The molecule has 0 unspecified atom stereocenters. The maximum atomic E-state index is 13.5. The van der Waals surface area contributed by atoms with Crippen LogP contribution in [0.1, 0.15) is 82.1 Å². The standard InChI is InChI=1S/C27H41N5O3/c1-4-8-21(26(34)20-10-5-6-11-23(20)33)25(28)27-29-22(18-12-14-31(2)16-18)15-24(30-27)35-17-19-9-7-13-32(19)3/h15,18-20H,4-14,16-17,28H2,1-3H3/b25-21-/t18-,19+,20+/m1/s1. The average molecular weight is 484 g/mol. The number of aromatic nitrogens is 2. The molecule has 8 heteroatoms. The Labute approximate surface area is 209 Å². The highest BCUT2D eigenvalue weighted by Crippen LogP contribution is 2.31. The van der Waals surface area contributed by atoms with Crippen LogP contribution in [0.15, 0.2) is 11.6 Å². The normalized spacial score (nSPS) is 26.7. The number of nitrogens with zero attached hydrogens (tertiary/aromatic N) is 4. The molecule has 8 nitrogen and oxygen atoms in total. The number of ketones is 2. The number of rotatable bonds is 9. The van der Waals surface area contributed by atoms with Gasteiger partial charge in [0.05, 0.1) is 17.3 Å². The fraction of sp³-hybridized carbons (Fsp3) is 0.704. The molecule has 0 radical (unpaired) electrons. The Hall–Kier alpha value is -2.32. The van der Waals surface area contributed by atoms with E-state index in [0.29, 0.717) is 54.9 Å². The summed E-state index contributed by atoms with van der Waals surface area (Å²) in [6.07, 6.45) is 7.42. The lowest BCUT2D eigenvalue weighted by Gasteiger charge is -2.22. The van der Waals surface area contributed by atoms with E-state index in [1.807, 2.05) is 13.0 Å². The first-order valence-corrected chi connectivity index (χ1v) is 13.3. The van der Waals surface area contributed by atoms with Crippen molar-refractivity contribution in [3.05, 3.63) is 23.2 Å². The molecule has 2 aliphatic heterocycles. The first kappa shape index (κ1) is 25.8. The largest absolute Gasteiger partial charge is 0.476 e. The van der Waals surface area contributed by atoms with Gasteiger partial charge in [-0.2, -0.15) is 4.98 Å². The summed E-state index contributed by atoms with van der Waals surface area (Å²) in [5.74, 6) is 0.460. The van der Waals surface area contributed by atoms with Crippen molar-refractivity contribution in [2.75, 3.05) is 40.3 Å². The molecule has 1 saturated carbocycles. The Morgan fingerprint density at radius 1 is 1.14 bits per heavy atom. The van der Waals surface area contributed by atoms with Gasteiger partial charge in [-0.25, -0.2) is 4.98 Å². The molecule has 3 aliphatic rings. The molecule has 1 aromatic heterocycles. The maximum Gasteiger partial charge on any atom is 0.217 e. The highest BCUT2D eigenvalue weighted by atomic mass is 16.5. The fourth-order valence-electron chi connectivity index (χ4n) is 5.64. The van der Waals surface area contributed by atoms with E-state index in [0.717, 1.165) is 57.4 Å². The SMILES string of the molecule is CCC/C(C(=O)[C@H]1CCCCC1=O)=C(/N)c1nc(OC[C@@H]2CCCN2C)cc([C@@H]2CCN(C)C2)n1. The van der Waals surface area contributed by atoms with Crippen molar-refractivity contribution >= 4 is 17.3 Å². The van der Waals surface area contributed by atoms with E-state index in [-0.39, 0.29) is 17.5 Å². The summed E-state index contributed by atoms with van der Waals surface area (Å²) < 4.78 is 6.19. The highest BCUT2D eigenvalue weighted by Gasteiger charge is 2.33. The summed E-state index contributed by atoms with van der Waals surface area (Å²) >= 11 is 0. The number of Topliss-reactive ketones (excluding diaryl/α,β-unsaturated/α-hetero) is 2. The number of ether oxygens (including phenoxy) is 1. The van der Waals surface area contributed by atoms with E-state index in [2.05, 4.69) is 28.9 Å². The molecule has 192 valence electrons. The van der Waals surface area contributed by atoms with Gasteiger partial charge in [0.1, 0.15) is 12.4 Å². The van der Waals surface area contributed by atoms with Crippen LogP contribution in [0.4, 0.5) is 0 Å². The molecular weight excluding hydrogens is 442 g/mol. The first-order valence-electron chi connectivity index (χ1n) is 13.3. The second-order valence-corrected chi connectivity index (χ2v) is 10.6. The third-order valence-electron chi connectivity index (χ3n) is 7.86. The number of likely N-dealkylation sites (N-methyl/N-ethyl adjacent to an activating group) is 2. The third kappa shape index (κ3) is 6.09. The summed E-state index contributed by atoms with van der Waals surface area (Å²) in [6.45, 7) is 5.60. The van der Waals surface area contributed by atoms with Gasteiger partial charge in [-0.05, 0) is 65.7 Å². The van der Waals surface area contributed by atoms with E-state index in [1.54, 1.807) is 0 Å². The van der Waals surface area contributed by atoms with Crippen LogP contribution >= 0.6 is 0 Å². The second-order valence-electron chi connectivity index (χ2n) is 10.6. The molecule has 3 heterocycles. The van der Waals surface area contributed by atoms with Gasteiger partial charge in [0.2, 0.25) is 5.88 Å². The van der Waals surface area contributed by atoms with Gasteiger partial charge in [0.25, 0.3) is 0 Å². The van der Waals surface area contributed by atoms with Gasteiger partial charge in [-0.3, -0.25) is 9.59 Å². The smallest absolute Gasteiger partial charge is 0.217 e. The summed E-state index contributed by atoms with van der Waals surface area (Å²) in [5.41, 5.74) is 8.33. The van der Waals surface area contributed by atoms with Crippen LogP contribution in [0.3, 0.4) is 0 Å². The van der Waals surface area contributed by atoms with Gasteiger partial charge in [-0.1, -0.05) is 19.8 Å². The van der Waals surface area contributed by atoms with Gasteiger partial charge >= 0.3 is 0 Å². The Balaban J connectivity index is 1.66. The fourth-order valence-corrected chi connectivity index (χ4v) is 5.64. The number of carbonyl (C=O) groups is 2. The van der Waals surface area contributed by atoms with Crippen molar-refractivity contribution in [3.63, 3.8) is 0 Å². The van der Waals surface area contributed by atoms with Crippen molar-refractivity contribution in [2.45, 2.75) is 76.7 Å². The highest BCUT2D eigenvalue weighted by molar-refractivity contribution is 6.13. The zero-order chi connectivity index (χ0) is 24.9. The molecule has 0 amide bonds. The number of likely N-dealkylation sites (tertiary alicyclic amines) is 2. The van der Waals surface area contributed by atoms with Crippen LogP contribution in [-0.4, -0.2) is 77.7 Å². The lowest BCUT2D eigenvalue weighted by atomic mass is 9.81. The number of allylic oxidation sites excluding steroid dienone is 1. The van der Waals surface area contributed by atoms with Crippen molar-refractivity contribution in [2.24, 2.45) is 11.7 Å². The quantitative estimate of drug-likeness (QED) is 0.422. The molecule has 1 aliphatic carbocycles. The number of hydrogen-bond donors (Lipinski definition) is 1. The Kier molecular flexibility index (Phi) is 8.55. The Bertz CT molecular complexity index is 962. The van der Waals surface area contributed by atoms with E-state index < -0.39 is 5.92 Å². The van der Waals surface area contributed by atoms with E-state index in [4.69, 9.17) is 15.5 Å². The number of nitrogens with two attached hydrogens (primary N) is 1. The minimum absolute atomic E-state index is 0.0380. The minimum atomic E-state index is -0.580. The second kappa shape index (κ2) is 11.6. The van der Waals surface area contributed by atoms with Crippen LogP contribution in [0.25, 0.3) is 5.70 Å². The summed E-state index contributed by atoms with van der Waals surface area (Å²) in [4.78, 5) is 40.1. The van der Waals surface area contributed by atoms with Crippen LogP contribution in [-0.2, 0) is 9.59 Å². The average Bonchev–Trinajstić information content (AvgIpc) is 3.48. The first-order chi connectivity index (χ1) is 16.9. The van der Waals surface area contributed by atoms with Crippen molar-refractivity contribution in [3.8, 4) is 5.88 Å². The van der Waals surface area contributed by atoms with Crippen LogP contribution in [0, 0.1) is 5.92 Å². The van der Waals surface area contributed by atoms with Crippen molar-refractivity contribution in [1.82, 2.24) is 19.8 Å². The monoisotopic (exact) mass is 483 g/mol. The van der Waals surface area contributed by atoms with Crippen molar-refractivity contribution in [1.29, 1.82) is 0 Å². The maximum absolute atomic E-state index is 13.5. The zero-order valence-corrected chi connectivity index (χ0v) is 21.6. The molecule has 3 atom stereocenters. The molecule has 0 spiro atoms. The molecule has 3 fully saturated rings. The summed E-state index contributed by atoms with van der Waals surface area (Å²) in [6, 6.07) is 2.32. The topological polar surface area (TPSA) is 102 Å². The molecule has 35 heavy (non-hydrogen) atoms. The van der Waals surface area contributed by atoms with E-state index >= 15 is 0 Å². The van der Waals surface area contributed by atoms with Gasteiger partial charge in [-0.15, -0.1) is 0 Å². The van der Waals surface area contributed by atoms with Crippen LogP contribution < -0.4 is 10.5 Å². The molecule has 0 aromatic carbocycles. The van der Waals surface area contributed by atoms with Gasteiger partial charge in [0, 0.05) is 36.6 Å². The van der Waals surface area contributed by atoms with E-state index in [1.165, 1.54) is 6.42 Å². The molecule has 0 bridgehead atoms. The van der Waals surface area contributed by atoms with Crippen molar-refractivity contribution < 1.29 is 14.3 Å². The minimum Gasteiger partial charge on any atom is -0.476 e. The molecule has 4 rings (SSSR count). The van der Waals surface area contributed by atoms with Gasteiger partial charge < -0.3 is 20.3 Å². The number of carbonyl (C=O) groups excluding carboxylic acids is 2. The Morgan fingerprint density at radius 3 is 2.63 bits per heavy atom. The van der Waals surface area contributed by atoms with Crippen LogP contribution in [0.5, 0.6) is 5.88 Å². The third-order valence-corrected chi connectivity index (χ3v) is 7.86. The van der Waals surface area contributed by atoms with Crippen LogP contribution in [0.2, 0.25) is 0 Å². The van der Waals surface area contributed by atoms with E-state index in [9.17, 15) is 9.59 Å².